The first-order valence-corrected chi connectivity index (χ1v) is 19.8. The minimum atomic E-state index is -0.550. The summed E-state index contributed by atoms with van der Waals surface area (Å²) in [5.41, 5.74) is -0.912. The van der Waals surface area contributed by atoms with Gasteiger partial charge in [0.25, 0.3) is 0 Å². The summed E-state index contributed by atoms with van der Waals surface area (Å²) in [6.45, 7) is 17.1. The molecule has 2 aliphatic heterocycles. The first kappa shape index (κ1) is 41.4. The zero-order valence-corrected chi connectivity index (χ0v) is 34.9. The van der Waals surface area contributed by atoms with Crippen LogP contribution in [0.15, 0.2) is 70.3 Å². The van der Waals surface area contributed by atoms with Gasteiger partial charge in [-0.3, -0.25) is 9.97 Å². The molecule has 4 atom stereocenters. The van der Waals surface area contributed by atoms with Crippen LogP contribution in [0, 0.1) is 11.8 Å². The lowest BCUT2D eigenvalue weighted by Crippen LogP contribution is -2.36. The highest BCUT2D eigenvalue weighted by molar-refractivity contribution is 5.90. The lowest BCUT2D eigenvalue weighted by Gasteiger charge is -2.24. The number of ether oxygens (including phenoxy) is 4. The van der Waals surface area contributed by atoms with E-state index in [1.54, 1.807) is 9.80 Å². The number of pyridine rings is 2. The van der Waals surface area contributed by atoms with Gasteiger partial charge in [0.2, 0.25) is 11.8 Å². The number of aromatic amines is 4. The standard InChI is InChI=1S/2C21H25N5O4/c2*1-12-10-26(20(28)30-21(2,3)4)11-16(12)29-18-14-8-6-5-7-13(14)9-15(22-18)17-23-19(27)25-24-17/h2*5-9,12,16H,10-11H2,1-4H3,(H2,23,24,25,27)/t2*12-,16-/m10/s1. The van der Waals surface area contributed by atoms with Crippen molar-refractivity contribution >= 4 is 33.7 Å². The van der Waals surface area contributed by atoms with Crippen LogP contribution in [0.1, 0.15) is 55.4 Å². The van der Waals surface area contributed by atoms with Crippen LogP contribution in [0.3, 0.4) is 0 Å². The van der Waals surface area contributed by atoms with Gasteiger partial charge in [0, 0.05) is 35.7 Å². The Kier molecular flexibility index (Phi) is 11.4. The Morgan fingerprint density at radius 1 is 0.617 bits per heavy atom. The van der Waals surface area contributed by atoms with Crippen LogP contribution in [0.2, 0.25) is 0 Å². The van der Waals surface area contributed by atoms with Gasteiger partial charge in [-0.15, -0.1) is 0 Å². The smallest absolute Gasteiger partial charge is 0.410 e. The highest BCUT2D eigenvalue weighted by Gasteiger charge is 2.38. The van der Waals surface area contributed by atoms with Crippen molar-refractivity contribution in [2.24, 2.45) is 11.8 Å². The van der Waals surface area contributed by atoms with Crippen LogP contribution in [0.4, 0.5) is 9.59 Å². The lowest BCUT2D eigenvalue weighted by molar-refractivity contribution is 0.0265. The normalized spacial score (nSPS) is 19.3. The van der Waals surface area contributed by atoms with E-state index in [-0.39, 0.29) is 36.2 Å². The molecule has 316 valence electrons. The molecule has 60 heavy (non-hydrogen) atoms. The second-order valence-corrected chi connectivity index (χ2v) is 17.2. The number of amides is 2. The Morgan fingerprint density at radius 2 is 1.00 bits per heavy atom. The number of likely N-dealkylation sites (tertiary alicyclic amines) is 2. The Bertz CT molecular complexity index is 2440. The van der Waals surface area contributed by atoms with E-state index in [2.05, 4.69) is 40.3 Å². The van der Waals surface area contributed by atoms with E-state index in [1.165, 1.54) is 0 Å². The molecule has 0 aliphatic carbocycles. The van der Waals surface area contributed by atoms with E-state index in [1.807, 2.05) is 116 Å². The monoisotopic (exact) mass is 822 g/mol. The van der Waals surface area contributed by atoms with Gasteiger partial charge < -0.3 is 28.7 Å². The molecule has 0 radical (unpaired) electrons. The van der Waals surface area contributed by atoms with Crippen LogP contribution in [0.5, 0.6) is 11.8 Å². The highest BCUT2D eigenvalue weighted by atomic mass is 16.6. The number of hydrogen-bond donors (Lipinski definition) is 4. The lowest BCUT2D eigenvalue weighted by atomic mass is 10.1. The molecule has 2 saturated heterocycles. The molecule has 6 heterocycles. The van der Waals surface area contributed by atoms with Gasteiger partial charge >= 0.3 is 23.6 Å². The topological polar surface area (TPSA) is 226 Å². The maximum Gasteiger partial charge on any atom is 0.410 e. The fraction of sp³-hybridized carbons (Fsp3) is 0.429. The van der Waals surface area contributed by atoms with Gasteiger partial charge in [-0.2, -0.15) is 10.2 Å². The quantitative estimate of drug-likeness (QED) is 0.154. The summed E-state index contributed by atoms with van der Waals surface area (Å²) in [5.74, 6) is 1.76. The molecule has 0 bridgehead atoms. The van der Waals surface area contributed by atoms with Gasteiger partial charge in [0.15, 0.2) is 11.6 Å². The first-order chi connectivity index (χ1) is 28.4. The molecule has 0 saturated carbocycles. The second kappa shape index (κ2) is 16.5. The maximum atomic E-state index is 12.4. The van der Waals surface area contributed by atoms with Gasteiger partial charge in [-0.25, -0.2) is 39.3 Å². The Morgan fingerprint density at radius 3 is 1.35 bits per heavy atom. The van der Waals surface area contributed by atoms with Crippen molar-refractivity contribution in [1.82, 2.24) is 50.1 Å². The van der Waals surface area contributed by atoms with E-state index in [9.17, 15) is 19.2 Å². The Labute approximate surface area is 345 Å². The maximum absolute atomic E-state index is 12.4. The fourth-order valence-electron chi connectivity index (χ4n) is 6.96. The van der Waals surface area contributed by atoms with Crippen molar-refractivity contribution in [3.8, 4) is 34.8 Å². The third-order valence-corrected chi connectivity index (χ3v) is 9.81. The molecule has 4 N–H and O–H groups in total. The van der Waals surface area contributed by atoms with Crippen molar-refractivity contribution in [2.75, 3.05) is 26.2 Å². The van der Waals surface area contributed by atoms with Crippen LogP contribution in [0.25, 0.3) is 44.6 Å². The van der Waals surface area contributed by atoms with E-state index >= 15 is 0 Å². The largest absolute Gasteiger partial charge is 0.472 e. The summed E-state index contributed by atoms with van der Waals surface area (Å²) in [5, 5.41) is 16.2. The summed E-state index contributed by atoms with van der Waals surface area (Å²) in [4.78, 5) is 65.6. The summed E-state index contributed by atoms with van der Waals surface area (Å²) >= 11 is 0. The molecular formula is C42H50N10O8. The summed E-state index contributed by atoms with van der Waals surface area (Å²) in [7, 11) is 0. The number of fused-ring (bicyclic) bond motifs is 2. The molecule has 2 aliphatic rings. The summed E-state index contributed by atoms with van der Waals surface area (Å²) in [6.07, 6.45) is -1.16. The zero-order valence-electron chi connectivity index (χ0n) is 34.9. The molecule has 0 unspecified atom stereocenters. The van der Waals surface area contributed by atoms with Crippen LogP contribution in [-0.2, 0) is 9.47 Å². The van der Waals surface area contributed by atoms with Gasteiger partial charge in [0.05, 0.1) is 13.1 Å². The van der Waals surface area contributed by atoms with E-state index < -0.39 is 22.6 Å². The predicted molar refractivity (Wildman–Crippen MR) is 223 cm³/mol. The summed E-state index contributed by atoms with van der Waals surface area (Å²) < 4.78 is 23.6. The number of aromatic nitrogens is 8. The number of hydrogen-bond acceptors (Lipinski definition) is 12. The number of benzene rings is 2. The molecule has 6 aromatic rings. The molecule has 2 aromatic carbocycles. The van der Waals surface area contributed by atoms with Crippen molar-refractivity contribution < 1.29 is 28.5 Å². The Hall–Kier alpha value is -6.72. The predicted octanol–water partition coefficient (Wildman–Crippen LogP) is 5.89. The van der Waals surface area contributed by atoms with Gasteiger partial charge in [-0.1, -0.05) is 50.2 Å². The first-order valence-electron chi connectivity index (χ1n) is 19.8. The number of rotatable bonds is 6. The third kappa shape index (κ3) is 9.76. The van der Waals surface area contributed by atoms with E-state index in [4.69, 9.17) is 18.9 Å². The average Bonchev–Trinajstić information content (AvgIpc) is 3.98. The van der Waals surface area contributed by atoms with Crippen LogP contribution >= 0.6 is 0 Å². The third-order valence-electron chi connectivity index (χ3n) is 9.81. The molecule has 4 aromatic heterocycles. The van der Waals surface area contributed by atoms with Crippen LogP contribution in [-0.4, -0.2) is 112 Å². The number of nitrogens with one attached hydrogen (secondary N) is 4. The minimum Gasteiger partial charge on any atom is -0.472 e. The van der Waals surface area contributed by atoms with Crippen molar-refractivity contribution in [1.29, 1.82) is 0 Å². The Balaban J connectivity index is 0.000000181. The van der Waals surface area contributed by atoms with Gasteiger partial charge in [-0.05, 0) is 76.6 Å². The SMILES string of the molecule is C[C@@H]1CN(C(=O)OC(C)(C)C)C[C@H]1Oc1nc(-c2n[nH]c(=O)[nH]2)cc2ccccc12.C[C@H]1CN(C(=O)OC(C)(C)C)C[C@@H]1Oc1nc(-c2n[nH]c(=O)[nH]2)cc2ccccc12. The van der Waals surface area contributed by atoms with Crippen molar-refractivity contribution in [3.63, 3.8) is 0 Å². The second-order valence-electron chi connectivity index (χ2n) is 17.2. The number of H-pyrrole nitrogens is 4. The minimum absolute atomic E-state index is 0.104. The number of nitrogens with zero attached hydrogens (tertiary/aromatic N) is 6. The number of carbonyl (C=O) groups excluding carboxylic acids is 2. The fourth-order valence-corrected chi connectivity index (χ4v) is 6.96. The van der Waals surface area contributed by atoms with E-state index in [0.29, 0.717) is 61.0 Å². The number of carbonyl (C=O) groups is 2. The molecule has 18 nitrogen and oxygen atoms in total. The molecule has 0 spiro atoms. The average molecular weight is 823 g/mol. The highest BCUT2D eigenvalue weighted by Crippen LogP contribution is 2.33. The van der Waals surface area contributed by atoms with E-state index in [0.717, 1.165) is 21.5 Å². The summed E-state index contributed by atoms with van der Waals surface area (Å²) in [6, 6.07) is 19.1. The molecule has 2 amide bonds. The van der Waals surface area contributed by atoms with Crippen LogP contribution < -0.4 is 20.9 Å². The molecule has 18 heteroatoms. The van der Waals surface area contributed by atoms with Gasteiger partial charge in [0.1, 0.15) is 34.8 Å². The zero-order chi connectivity index (χ0) is 42.9. The molecule has 8 rings (SSSR count). The van der Waals surface area contributed by atoms with Crippen molar-refractivity contribution in [3.05, 3.63) is 81.6 Å². The van der Waals surface area contributed by atoms with Crippen molar-refractivity contribution in [2.45, 2.75) is 78.8 Å². The molecular weight excluding hydrogens is 773 g/mol. The molecule has 2 fully saturated rings.